The summed E-state index contributed by atoms with van der Waals surface area (Å²) in [6, 6.07) is -0.0356. The van der Waals surface area contributed by atoms with Crippen LogP contribution >= 0.6 is 0 Å². The zero-order chi connectivity index (χ0) is 13.0. The lowest BCUT2D eigenvalue weighted by molar-refractivity contribution is -0.129. The molecule has 0 spiro atoms. The van der Waals surface area contributed by atoms with Crippen molar-refractivity contribution in [1.29, 1.82) is 0 Å². The van der Waals surface area contributed by atoms with Gasteiger partial charge in [0.1, 0.15) is 0 Å². The molecule has 0 heterocycles. The van der Waals surface area contributed by atoms with Gasteiger partial charge in [0.2, 0.25) is 5.91 Å². The molecule has 4 unspecified atom stereocenters. The van der Waals surface area contributed by atoms with E-state index in [1.54, 1.807) is 0 Å². The van der Waals surface area contributed by atoms with E-state index >= 15 is 0 Å². The van der Waals surface area contributed by atoms with Crippen molar-refractivity contribution in [3.8, 4) is 0 Å². The minimum Gasteiger partial charge on any atom is -0.391 e. The monoisotopic (exact) mass is 254 g/mol. The van der Waals surface area contributed by atoms with Crippen molar-refractivity contribution in [1.82, 2.24) is 5.32 Å². The summed E-state index contributed by atoms with van der Waals surface area (Å²) in [5.74, 6) is 0.522. The highest BCUT2D eigenvalue weighted by molar-refractivity contribution is 5.79. The molecule has 2 aliphatic rings. The Morgan fingerprint density at radius 1 is 1.11 bits per heavy atom. The fourth-order valence-corrected chi connectivity index (χ4v) is 3.40. The largest absolute Gasteiger partial charge is 0.391 e. The van der Waals surface area contributed by atoms with Crippen LogP contribution in [0.4, 0.5) is 0 Å². The molecule has 18 heavy (non-hydrogen) atoms. The lowest BCUT2D eigenvalue weighted by Crippen LogP contribution is -2.49. The van der Waals surface area contributed by atoms with Crippen LogP contribution in [0.25, 0.3) is 0 Å². The quantitative estimate of drug-likeness (QED) is 0.707. The second-order valence-corrected chi connectivity index (χ2v) is 5.85. The SMILES string of the molecule is NCC1CCCCC1C(=O)NC1CCCCC1O. The number of hydrogen-bond donors (Lipinski definition) is 3. The maximum Gasteiger partial charge on any atom is 0.223 e. The summed E-state index contributed by atoms with van der Waals surface area (Å²) in [7, 11) is 0. The van der Waals surface area contributed by atoms with Crippen LogP contribution in [0.1, 0.15) is 51.4 Å². The van der Waals surface area contributed by atoms with Crippen molar-refractivity contribution in [2.75, 3.05) is 6.54 Å². The summed E-state index contributed by atoms with van der Waals surface area (Å²) >= 11 is 0. The molecule has 2 saturated carbocycles. The van der Waals surface area contributed by atoms with Crippen LogP contribution in [0.3, 0.4) is 0 Å². The van der Waals surface area contributed by atoms with Crippen LogP contribution in [0, 0.1) is 11.8 Å². The Labute approximate surface area is 109 Å². The number of amides is 1. The van der Waals surface area contributed by atoms with E-state index in [9.17, 15) is 9.90 Å². The van der Waals surface area contributed by atoms with Gasteiger partial charge in [-0.1, -0.05) is 25.7 Å². The molecular weight excluding hydrogens is 228 g/mol. The summed E-state index contributed by atoms with van der Waals surface area (Å²) < 4.78 is 0. The predicted molar refractivity (Wildman–Crippen MR) is 70.9 cm³/mol. The predicted octanol–water partition coefficient (Wildman–Crippen LogP) is 1.17. The Hall–Kier alpha value is -0.610. The minimum absolute atomic E-state index is 0.0356. The first kappa shape index (κ1) is 13.8. The van der Waals surface area contributed by atoms with Gasteiger partial charge in [-0.2, -0.15) is 0 Å². The van der Waals surface area contributed by atoms with E-state index in [1.165, 1.54) is 6.42 Å². The minimum atomic E-state index is -0.359. The number of nitrogens with one attached hydrogen (secondary N) is 1. The molecule has 0 saturated heterocycles. The molecular formula is C14H26N2O2. The Morgan fingerprint density at radius 2 is 1.78 bits per heavy atom. The summed E-state index contributed by atoms with van der Waals surface area (Å²) in [5, 5.41) is 13.0. The molecule has 0 aromatic rings. The van der Waals surface area contributed by atoms with E-state index < -0.39 is 0 Å². The molecule has 2 aliphatic carbocycles. The van der Waals surface area contributed by atoms with E-state index in [0.717, 1.165) is 44.9 Å². The molecule has 0 aromatic heterocycles. The zero-order valence-corrected chi connectivity index (χ0v) is 11.1. The first-order chi connectivity index (χ1) is 8.72. The normalized spacial score (nSPS) is 37.2. The number of nitrogens with two attached hydrogens (primary N) is 1. The third kappa shape index (κ3) is 3.23. The topological polar surface area (TPSA) is 75.4 Å². The van der Waals surface area contributed by atoms with Crippen molar-refractivity contribution in [2.24, 2.45) is 17.6 Å². The third-order valence-electron chi connectivity index (χ3n) is 4.61. The molecule has 4 N–H and O–H groups in total. The Bertz CT molecular complexity index is 283. The van der Waals surface area contributed by atoms with Crippen LogP contribution in [0.2, 0.25) is 0 Å². The zero-order valence-electron chi connectivity index (χ0n) is 11.1. The van der Waals surface area contributed by atoms with Gasteiger partial charge in [-0.15, -0.1) is 0 Å². The first-order valence-corrected chi connectivity index (χ1v) is 7.41. The molecule has 0 bridgehead atoms. The van der Waals surface area contributed by atoms with Crippen LogP contribution in [-0.4, -0.2) is 29.7 Å². The van der Waals surface area contributed by atoms with Gasteiger partial charge in [-0.25, -0.2) is 0 Å². The Morgan fingerprint density at radius 3 is 2.50 bits per heavy atom. The fraction of sp³-hybridized carbons (Fsp3) is 0.929. The average molecular weight is 254 g/mol. The van der Waals surface area contributed by atoms with Gasteiger partial charge in [0.25, 0.3) is 0 Å². The van der Waals surface area contributed by atoms with Gasteiger partial charge in [0.15, 0.2) is 0 Å². The smallest absolute Gasteiger partial charge is 0.223 e. The highest BCUT2D eigenvalue weighted by Gasteiger charge is 2.32. The number of aliphatic hydroxyl groups excluding tert-OH is 1. The third-order valence-corrected chi connectivity index (χ3v) is 4.61. The second kappa shape index (κ2) is 6.53. The molecule has 2 rings (SSSR count). The van der Waals surface area contributed by atoms with Crippen LogP contribution < -0.4 is 11.1 Å². The highest BCUT2D eigenvalue weighted by atomic mass is 16.3. The summed E-state index contributed by atoms with van der Waals surface area (Å²) in [4.78, 5) is 12.3. The van der Waals surface area contributed by atoms with Gasteiger partial charge >= 0.3 is 0 Å². The number of rotatable bonds is 3. The van der Waals surface area contributed by atoms with E-state index in [4.69, 9.17) is 5.73 Å². The van der Waals surface area contributed by atoms with Gasteiger partial charge < -0.3 is 16.2 Å². The molecule has 104 valence electrons. The number of hydrogen-bond acceptors (Lipinski definition) is 3. The van der Waals surface area contributed by atoms with Crippen LogP contribution in [-0.2, 0) is 4.79 Å². The molecule has 0 radical (unpaired) electrons. The maximum absolute atomic E-state index is 12.3. The van der Waals surface area contributed by atoms with Gasteiger partial charge in [-0.3, -0.25) is 4.79 Å². The number of aliphatic hydroxyl groups is 1. The molecule has 2 fully saturated rings. The van der Waals surface area contributed by atoms with Crippen molar-refractivity contribution in [2.45, 2.75) is 63.5 Å². The van der Waals surface area contributed by atoms with E-state index in [0.29, 0.717) is 12.5 Å². The molecule has 1 amide bonds. The molecule has 4 heteroatoms. The van der Waals surface area contributed by atoms with Gasteiger partial charge in [-0.05, 0) is 38.1 Å². The summed E-state index contributed by atoms with van der Waals surface area (Å²) in [6.07, 6.45) is 7.89. The van der Waals surface area contributed by atoms with Gasteiger partial charge in [0.05, 0.1) is 12.1 Å². The lowest BCUT2D eigenvalue weighted by Gasteiger charge is -2.33. The maximum atomic E-state index is 12.3. The highest BCUT2D eigenvalue weighted by Crippen LogP contribution is 2.30. The molecule has 0 aromatic carbocycles. The number of carbonyl (C=O) groups excluding carboxylic acids is 1. The van der Waals surface area contributed by atoms with Crippen molar-refractivity contribution in [3.05, 3.63) is 0 Å². The molecule has 4 atom stereocenters. The van der Waals surface area contributed by atoms with Crippen LogP contribution in [0.5, 0.6) is 0 Å². The van der Waals surface area contributed by atoms with Crippen molar-refractivity contribution >= 4 is 5.91 Å². The number of carbonyl (C=O) groups is 1. The molecule has 4 nitrogen and oxygen atoms in total. The molecule has 0 aliphatic heterocycles. The van der Waals surface area contributed by atoms with Crippen molar-refractivity contribution < 1.29 is 9.90 Å². The first-order valence-electron chi connectivity index (χ1n) is 7.41. The van der Waals surface area contributed by atoms with E-state index in [1.807, 2.05) is 0 Å². The van der Waals surface area contributed by atoms with Gasteiger partial charge in [0, 0.05) is 5.92 Å². The van der Waals surface area contributed by atoms with E-state index in [-0.39, 0.29) is 24.0 Å². The Kier molecular flexibility index (Phi) is 5.01. The summed E-state index contributed by atoms with van der Waals surface area (Å²) in [6.45, 7) is 0.602. The lowest BCUT2D eigenvalue weighted by atomic mass is 9.78. The second-order valence-electron chi connectivity index (χ2n) is 5.85. The Balaban J connectivity index is 1.89. The van der Waals surface area contributed by atoms with E-state index in [2.05, 4.69) is 5.32 Å². The summed E-state index contributed by atoms with van der Waals surface area (Å²) in [5.41, 5.74) is 5.76. The fourth-order valence-electron chi connectivity index (χ4n) is 3.40. The average Bonchev–Trinajstić information content (AvgIpc) is 2.41. The standard InChI is InChI=1S/C14H26N2O2/c15-9-10-5-1-2-6-11(10)14(18)16-12-7-3-4-8-13(12)17/h10-13,17H,1-9,15H2,(H,16,18). The van der Waals surface area contributed by atoms with Crippen molar-refractivity contribution in [3.63, 3.8) is 0 Å². The van der Waals surface area contributed by atoms with Crippen LogP contribution in [0.15, 0.2) is 0 Å².